The molecule has 2 rings (SSSR count). The summed E-state index contributed by atoms with van der Waals surface area (Å²) in [4.78, 5) is 27.0. The Balaban J connectivity index is 1.97. The number of hydrogen-bond acceptors (Lipinski definition) is 4. The molecule has 2 amide bonds. The summed E-state index contributed by atoms with van der Waals surface area (Å²) in [6.07, 6.45) is 0.878. The van der Waals surface area contributed by atoms with Crippen LogP contribution in [0.5, 0.6) is 11.5 Å². The fourth-order valence-corrected chi connectivity index (χ4v) is 3.10. The standard InChI is InChI=1S/C24H32N2O4/c1-5-25-24(28)19(3)26(17-20-10-7-6-9-18(20)2)23(27)11-8-16-30-22-14-12-21(29-4)13-15-22/h6-7,9-10,12-15,19H,5,8,11,16-17H2,1-4H3,(H,25,28). The second-order valence-electron chi connectivity index (χ2n) is 7.15. The molecular formula is C24H32N2O4. The summed E-state index contributed by atoms with van der Waals surface area (Å²) in [7, 11) is 1.62. The molecule has 0 aromatic heterocycles. The minimum atomic E-state index is -0.542. The first-order chi connectivity index (χ1) is 14.5. The summed E-state index contributed by atoms with van der Waals surface area (Å²) in [5.41, 5.74) is 2.14. The maximum atomic E-state index is 13.0. The van der Waals surface area contributed by atoms with Gasteiger partial charge in [-0.3, -0.25) is 9.59 Å². The molecule has 1 N–H and O–H groups in total. The van der Waals surface area contributed by atoms with Crippen LogP contribution in [0, 0.1) is 6.92 Å². The van der Waals surface area contributed by atoms with Gasteiger partial charge in [0.15, 0.2) is 0 Å². The lowest BCUT2D eigenvalue weighted by molar-refractivity contribution is -0.140. The van der Waals surface area contributed by atoms with E-state index in [1.807, 2.05) is 62.4 Å². The van der Waals surface area contributed by atoms with Gasteiger partial charge in [-0.05, 0) is 62.6 Å². The zero-order valence-corrected chi connectivity index (χ0v) is 18.3. The van der Waals surface area contributed by atoms with Crippen LogP contribution < -0.4 is 14.8 Å². The molecule has 0 saturated heterocycles. The van der Waals surface area contributed by atoms with E-state index in [0.29, 0.717) is 32.5 Å². The molecule has 0 bridgehead atoms. The molecule has 0 radical (unpaired) electrons. The number of nitrogens with zero attached hydrogens (tertiary/aromatic N) is 1. The van der Waals surface area contributed by atoms with Gasteiger partial charge in [-0.15, -0.1) is 0 Å². The van der Waals surface area contributed by atoms with Crippen molar-refractivity contribution in [2.24, 2.45) is 0 Å². The summed E-state index contributed by atoms with van der Waals surface area (Å²) in [6.45, 7) is 7.02. The first-order valence-corrected chi connectivity index (χ1v) is 10.3. The third-order valence-electron chi connectivity index (χ3n) is 4.98. The van der Waals surface area contributed by atoms with Gasteiger partial charge in [0, 0.05) is 19.5 Å². The van der Waals surface area contributed by atoms with E-state index in [2.05, 4.69) is 5.32 Å². The average Bonchev–Trinajstić information content (AvgIpc) is 2.76. The Hall–Kier alpha value is -3.02. The number of carbonyl (C=O) groups excluding carboxylic acids is 2. The van der Waals surface area contributed by atoms with Crippen molar-refractivity contribution in [1.82, 2.24) is 10.2 Å². The van der Waals surface area contributed by atoms with Gasteiger partial charge in [0.05, 0.1) is 13.7 Å². The number of carbonyl (C=O) groups is 2. The fraction of sp³-hybridized carbons (Fsp3) is 0.417. The van der Waals surface area contributed by atoms with Crippen molar-refractivity contribution >= 4 is 11.8 Å². The van der Waals surface area contributed by atoms with Crippen LogP contribution in [-0.2, 0) is 16.1 Å². The molecule has 30 heavy (non-hydrogen) atoms. The van der Waals surface area contributed by atoms with E-state index in [1.165, 1.54) is 0 Å². The maximum absolute atomic E-state index is 13.0. The van der Waals surface area contributed by atoms with Gasteiger partial charge >= 0.3 is 0 Å². The highest BCUT2D eigenvalue weighted by Gasteiger charge is 2.25. The lowest BCUT2D eigenvalue weighted by atomic mass is 10.1. The normalized spacial score (nSPS) is 11.5. The predicted octanol–water partition coefficient (Wildman–Crippen LogP) is 3.72. The van der Waals surface area contributed by atoms with Crippen LogP contribution in [0.1, 0.15) is 37.8 Å². The van der Waals surface area contributed by atoms with Gasteiger partial charge in [-0.1, -0.05) is 24.3 Å². The Bertz CT molecular complexity index is 820. The van der Waals surface area contributed by atoms with Crippen molar-refractivity contribution in [1.29, 1.82) is 0 Å². The predicted molar refractivity (Wildman–Crippen MR) is 118 cm³/mol. The number of nitrogens with one attached hydrogen (secondary N) is 1. The molecule has 0 aliphatic carbocycles. The van der Waals surface area contributed by atoms with Crippen LogP contribution in [0.15, 0.2) is 48.5 Å². The first-order valence-electron chi connectivity index (χ1n) is 10.3. The molecule has 162 valence electrons. The zero-order valence-electron chi connectivity index (χ0n) is 18.3. The number of aryl methyl sites for hydroxylation is 1. The number of benzene rings is 2. The van der Waals surface area contributed by atoms with Crippen LogP contribution in [0.3, 0.4) is 0 Å². The highest BCUT2D eigenvalue weighted by atomic mass is 16.5. The highest BCUT2D eigenvalue weighted by Crippen LogP contribution is 2.18. The second kappa shape index (κ2) is 11.9. The van der Waals surface area contributed by atoms with E-state index in [1.54, 1.807) is 18.9 Å². The van der Waals surface area contributed by atoms with Crippen molar-refractivity contribution in [2.45, 2.75) is 46.2 Å². The number of ether oxygens (including phenoxy) is 2. The second-order valence-corrected chi connectivity index (χ2v) is 7.15. The molecule has 0 aliphatic rings. The lowest BCUT2D eigenvalue weighted by Gasteiger charge is -2.29. The topological polar surface area (TPSA) is 67.9 Å². The van der Waals surface area contributed by atoms with Gasteiger partial charge in [-0.25, -0.2) is 0 Å². The Morgan fingerprint density at radius 2 is 1.73 bits per heavy atom. The quantitative estimate of drug-likeness (QED) is 0.571. The van der Waals surface area contributed by atoms with Gasteiger partial charge in [-0.2, -0.15) is 0 Å². The van der Waals surface area contributed by atoms with Crippen molar-refractivity contribution < 1.29 is 19.1 Å². The van der Waals surface area contributed by atoms with Gasteiger partial charge in [0.2, 0.25) is 11.8 Å². The molecule has 6 nitrogen and oxygen atoms in total. The molecule has 2 aromatic carbocycles. The average molecular weight is 413 g/mol. The molecular weight excluding hydrogens is 380 g/mol. The number of hydrogen-bond donors (Lipinski definition) is 1. The molecule has 1 atom stereocenters. The Morgan fingerprint density at radius 1 is 1.07 bits per heavy atom. The van der Waals surface area contributed by atoms with Crippen molar-refractivity contribution in [3.05, 3.63) is 59.7 Å². The maximum Gasteiger partial charge on any atom is 0.242 e. The van der Waals surface area contributed by atoms with E-state index >= 15 is 0 Å². The Morgan fingerprint density at radius 3 is 2.37 bits per heavy atom. The smallest absolute Gasteiger partial charge is 0.242 e. The summed E-state index contributed by atoms with van der Waals surface area (Å²) in [5.74, 6) is 1.30. The number of likely N-dealkylation sites (N-methyl/N-ethyl adjacent to an activating group) is 1. The van der Waals surface area contributed by atoms with Crippen LogP contribution in [0.4, 0.5) is 0 Å². The monoisotopic (exact) mass is 412 g/mol. The third kappa shape index (κ3) is 6.79. The zero-order chi connectivity index (χ0) is 21.9. The van der Waals surface area contributed by atoms with E-state index in [9.17, 15) is 9.59 Å². The largest absolute Gasteiger partial charge is 0.497 e. The molecule has 0 aliphatic heterocycles. The van der Waals surface area contributed by atoms with Crippen LogP contribution in [-0.4, -0.2) is 43.0 Å². The van der Waals surface area contributed by atoms with Gasteiger partial charge in [0.25, 0.3) is 0 Å². The molecule has 0 heterocycles. The van der Waals surface area contributed by atoms with Crippen molar-refractivity contribution in [3.8, 4) is 11.5 Å². The van der Waals surface area contributed by atoms with E-state index in [0.717, 1.165) is 22.6 Å². The third-order valence-corrected chi connectivity index (χ3v) is 4.98. The minimum Gasteiger partial charge on any atom is -0.497 e. The lowest BCUT2D eigenvalue weighted by Crippen LogP contribution is -2.47. The van der Waals surface area contributed by atoms with Crippen LogP contribution >= 0.6 is 0 Å². The Kier molecular flexibility index (Phi) is 9.19. The fourth-order valence-electron chi connectivity index (χ4n) is 3.10. The van der Waals surface area contributed by atoms with Gasteiger partial charge < -0.3 is 19.7 Å². The summed E-state index contributed by atoms with van der Waals surface area (Å²) in [5, 5.41) is 2.81. The van der Waals surface area contributed by atoms with Gasteiger partial charge in [0.1, 0.15) is 17.5 Å². The van der Waals surface area contributed by atoms with E-state index in [-0.39, 0.29) is 11.8 Å². The summed E-state index contributed by atoms with van der Waals surface area (Å²) >= 11 is 0. The minimum absolute atomic E-state index is 0.0599. The Labute approximate surface area is 179 Å². The molecule has 0 fully saturated rings. The van der Waals surface area contributed by atoms with Crippen molar-refractivity contribution in [3.63, 3.8) is 0 Å². The number of amides is 2. The first kappa shape index (κ1) is 23.3. The van der Waals surface area contributed by atoms with Crippen LogP contribution in [0.25, 0.3) is 0 Å². The number of rotatable bonds is 11. The summed E-state index contributed by atoms with van der Waals surface area (Å²) < 4.78 is 10.8. The van der Waals surface area contributed by atoms with E-state index in [4.69, 9.17) is 9.47 Å². The van der Waals surface area contributed by atoms with Crippen LogP contribution in [0.2, 0.25) is 0 Å². The summed E-state index contributed by atoms with van der Waals surface area (Å²) in [6, 6.07) is 14.7. The SMILES string of the molecule is CCNC(=O)C(C)N(Cc1ccccc1C)C(=O)CCCOc1ccc(OC)cc1. The highest BCUT2D eigenvalue weighted by molar-refractivity contribution is 5.87. The van der Waals surface area contributed by atoms with E-state index < -0.39 is 6.04 Å². The molecule has 6 heteroatoms. The molecule has 0 saturated carbocycles. The van der Waals surface area contributed by atoms with Crippen molar-refractivity contribution in [2.75, 3.05) is 20.3 Å². The number of methoxy groups -OCH3 is 1. The molecule has 0 spiro atoms. The molecule has 2 aromatic rings. The molecule has 1 unspecified atom stereocenters.